The molecule has 0 aliphatic carbocycles. The standard InChI is InChI=1S/C84H170IN27O13/c85-59(31-10-25-53-100-73(114)60(93)32-3-16-44-86)72(113)108-67(39-13-29-57-106-81(122)68(109-77(118)64(97)36-7-20-48-90)40-11-26-54-101-74(115)61(94)33-4-17-45-87)80(121)104-51-23-1-2-24-52-105-83(124)70(112-84(125)71(111-79(120)66(99)38-9-22-50-92)43-15-28-56-103-76(117)63(96)35-6-19-47-89)42-14-30-58-107-82(123)69(110-78(119)65(98)37-8-21-49-91)41-12-27-55-102-75(116)62(95)34-5-18-46-88/h59-71H,1-58,86-99H2,(H,100,114)(H,101,115)(H,102,116)(H,103,117)(H,104,121)(H,105,124)(H,106,122)(H,107,123)(H,108,113)(H,109,118)(H,110,119)(H,111,120)(H,112,125). The van der Waals surface area contributed by atoms with Crippen molar-refractivity contribution in [2.24, 2.45) is 80.3 Å². The van der Waals surface area contributed by atoms with E-state index in [1.165, 1.54) is 0 Å². The lowest BCUT2D eigenvalue weighted by Crippen LogP contribution is -2.55. The van der Waals surface area contributed by atoms with Crippen LogP contribution in [0, 0.1) is 0 Å². The highest BCUT2D eigenvalue weighted by Gasteiger charge is 2.31. The topological polar surface area (TPSA) is 743 Å². The molecule has 13 amide bonds. The van der Waals surface area contributed by atoms with Crippen molar-refractivity contribution >= 4 is 99.4 Å². The van der Waals surface area contributed by atoms with E-state index in [1.807, 2.05) is 22.6 Å². The first kappa shape index (κ1) is 118. The van der Waals surface area contributed by atoms with E-state index >= 15 is 0 Å². The van der Waals surface area contributed by atoms with Crippen molar-refractivity contribution in [1.29, 1.82) is 0 Å². The Bertz CT molecular complexity index is 2950. The van der Waals surface area contributed by atoms with E-state index in [9.17, 15) is 62.3 Å². The van der Waals surface area contributed by atoms with Crippen LogP contribution in [-0.4, -0.2) is 251 Å². The van der Waals surface area contributed by atoms with Crippen LogP contribution >= 0.6 is 22.6 Å². The highest BCUT2D eigenvalue weighted by molar-refractivity contribution is 14.1. The molecular weight excluding hydrogens is 1720 g/mol. The summed E-state index contributed by atoms with van der Waals surface area (Å²) >= 11 is 2.05. The average molecular weight is 1890 g/mol. The molecule has 0 rings (SSSR count). The first-order valence-corrected chi connectivity index (χ1v) is 47.9. The summed E-state index contributed by atoms with van der Waals surface area (Å²) in [4.78, 5) is 175. The van der Waals surface area contributed by atoms with Crippen molar-refractivity contribution in [3.63, 3.8) is 0 Å². The third-order valence-electron chi connectivity index (χ3n) is 21.6. The van der Waals surface area contributed by atoms with Gasteiger partial charge in [0.15, 0.2) is 0 Å². The molecule has 0 fully saturated rings. The van der Waals surface area contributed by atoms with Crippen LogP contribution in [0.5, 0.6) is 0 Å². The lowest BCUT2D eigenvalue weighted by atomic mass is 10.0. The van der Waals surface area contributed by atoms with E-state index in [2.05, 4.69) is 69.1 Å². The molecule has 0 aliphatic rings. The van der Waals surface area contributed by atoms with Gasteiger partial charge >= 0.3 is 0 Å². The van der Waals surface area contributed by atoms with Crippen LogP contribution in [0.1, 0.15) is 276 Å². The summed E-state index contributed by atoms with van der Waals surface area (Å²) in [6.07, 6.45) is 21.7. The van der Waals surface area contributed by atoms with Crippen LogP contribution in [0.25, 0.3) is 0 Å². The van der Waals surface area contributed by atoms with E-state index < -0.39 is 124 Å². The Hall–Kier alpha value is -6.72. The summed E-state index contributed by atoms with van der Waals surface area (Å²) in [5.74, 6) is -5.50. The Labute approximate surface area is 757 Å². The summed E-state index contributed by atoms with van der Waals surface area (Å²) in [5.41, 5.74) is 82.5. The molecule has 0 radical (unpaired) electrons. The van der Waals surface area contributed by atoms with Crippen LogP contribution in [0.3, 0.4) is 0 Å². The van der Waals surface area contributed by atoms with Gasteiger partial charge < -0.3 is 149 Å². The largest absolute Gasteiger partial charge is 0.355 e. The van der Waals surface area contributed by atoms with Crippen molar-refractivity contribution < 1.29 is 62.3 Å². The predicted octanol–water partition coefficient (Wildman–Crippen LogP) is -3.08. The number of nitrogens with two attached hydrogens (primary N) is 14. The van der Waals surface area contributed by atoms with Gasteiger partial charge in [-0.1, -0.05) is 86.8 Å². The van der Waals surface area contributed by atoms with Crippen LogP contribution in [0.2, 0.25) is 0 Å². The summed E-state index contributed by atoms with van der Waals surface area (Å²) in [7, 11) is 0. The lowest BCUT2D eigenvalue weighted by molar-refractivity contribution is -0.132. The minimum atomic E-state index is -1.14. The Balaban J connectivity index is 6.65. The summed E-state index contributed by atoms with van der Waals surface area (Å²) < 4.78 is -0.524. The van der Waals surface area contributed by atoms with Gasteiger partial charge in [0.1, 0.15) is 30.2 Å². The molecule has 726 valence electrons. The minimum Gasteiger partial charge on any atom is -0.355 e. The van der Waals surface area contributed by atoms with E-state index in [0.29, 0.717) is 271 Å². The number of hydrogen-bond acceptors (Lipinski definition) is 27. The van der Waals surface area contributed by atoms with Crippen molar-refractivity contribution in [2.45, 2.75) is 353 Å². The molecule has 125 heavy (non-hydrogen) atoms. The molecular formula is C84H170IN27O13. The fraction of sp³-hybridized carbons (Fsp3) is 0.845. The fourth-order valence-corrected chi connectivity index (χ4v) is 14.1. The van der Waals surface area contributed by atoms with Crippen molar-refractivity contribution in [3.8, 4) is 0 Å². The third kappa shape index (κ3) is 61.4. The number of alkyl halides is 1. The molecule has 0 heterocycles. The van der Waals surface area contributed by atoms with E-state index in [4.69, 9.17) is 80.3 Å². The van der Waals surface area contributed by atoms with E-state index in [0.717, 1.165) is 38.5 Å². The Morgan fingerprint density at radius 3 is 0.528 bits per heavy atom. The molecule has 0 saturated carbocycles. The van der Waals surface area contributed by atoms with Gasteiger partial charge in [0.2, 0.25) is 76.8 Å². The van der Waals surface area contributed by atoms with E-state index in [-0.39, 0.29) is 94.4 Å². The molecule has 13 atom stereocenters. The number of amides is 13. The average Bonchev–Trinajstić information content (AvgIpc) is 0.875. The zero-order valence-electron chi connectivity index (χ0n) is 75.3. The van der Waals surface area contributed by atoms with Gasteiger partial charge in [-0.05, 0) is 258 Å². The molecule has 0 aromatic carbocycles. The van der Waals surface area contributed by atoms with Gasteiger partial charge in [0, 0.05) is 52.4 Å². The van der Waals surface area contributed by atoms with Crippen LogP contribution < -0.4 is 149 Å². The quantitative estimate of drug-likeness (QED) is 0.0163. The van der Waals surface area contributed by atoms with Gasteiger partial charge in [-0.2, -0.15) is 0 Å². The normalized spacial score (nSPS) is 14.5. The number of unbranched alkanes of at least 4 members (excludes halogenated alkanes) is 16. The Morgan fingerprint density at radius 1 is 0.168 bits per heavy atom. The smallest absolute Gasteiger partial charge is 0.243 e. The molecule has 13 unspecified atom stereocenters. The number of rotatable bonds is 83. The number of hydrogen-bond donors (Lipinski definition) is 27. The number of halogens is 1. The predicted molar refractivity (Wildman–Crippen MR) is 499 cm³/mol. The van der Waals surface area contributed by atoms with Crippen LogP contribution in [0.15, 0.2) is 0 Å². The molecule has 40 nitrogen and oxygen atoms in total. The second-order valence-electron chi connectivity index (χ2n) is 32.7. The maximum absolute atomic E-state index is 14.5. The molecule has 41 N–H and O–H groups in total. The summed E-state index contributed by atoms with van der Waals surface area (Å²) in [6.45, 7) is 5.26. The van der Waals surface area contributed by atoms with Crippen LogP contribution in [-0.2, 0) is 62.3 Å². The molecule has 41 heteroatoms. The van der Waals surface area contributed by atoms with Gasteiger partial charge in [-0.15, -0.1) is 0 Å². The van der Waals surface area contributed by atoms with Gasteiger partial charge in [-0.3, -0.25) is 62.3 Å². The molecule has 0 saturated heterocycles. The molecule has 0 bridgehead atoms. The second kappa shape index (κ2) is 78.3. The molecule has 0 spiro atoms. The van der Waals surface area contributed by atoms with Gasteiger partial charge in [-0.25, -0.2) is 0 Å². The number of nitrogens with one attached hydrogen (secondary N) is 13. The summed E-state index contributed by atoms with van der Waals surface area (Å²) in [5, 5.41) is 37.4. The van der Waals surface area contributed by atoms with Crippen LogP contribution in [0.4, 0.5) is 0 Å². The zero-order valence-corrected chi connectivity index (χ0v) is 77.4. The van der Waals surface area contributed by atoms with Gasteiger partial charge in [0.05, 0.1) is 46.2 Å². The minimum absolute atomic E-state index is 0.0986. The Kier molecular flexibility index (Phi) is 74.1. The third-order valence-corrected chi connectivity index (χ3v) is 22.8. The van der Waals surface area contributed by atoms with Crippen molar-refractivity contribution in [2.75, 3.05) is 98.2 Å². The van der Waals surface area contributed by atoms with Gasteiger partial charge in [0.25, 0.3) is 0 Å². The van der Waals surface area contributed by atoms with Crippen molar-refractivity contribution in [3.05, 3.63) is 0 Å². The number of carbonyl (C=O) groups is 13. The molecule has 0 aliphatic heterocycles. The zero-order chi connectivity index (χ0) is 93.2. The highest BCUT2D eigenvalue weighted by Crippen LogP contribution is 2.16. The maximum Gasteiger partial charge on any atom is 0.243 e. The maximum atomic E-state index is 14.5. The fourth-order valence-electron chi connectivity index (χ4n) is 13.5. The summed E-state index contributed by atoms with van der Waals surface area (Å²) in [6, 6.07) is -10.5. The molecule has 0 aromatic rings. The van der Waals surface area contributed by atoms with E-state index in [1.54, 1.807) is 0 Å². The highest BCUT2D eigenvalue weighted by atomic mass is 127. The van der Waals surface area contributed by atoms with Crippen molar-refractivity contribution in [1.82, 2.24) is 69.1 Å². The first-order chi connectivity index (χ1) is 60.1. The molecule has 0 aromatic heterocycles. The lowest BCUT2D eigenvalue weighted by Gasteiger charge is -2.24. The second-order valence-corrected chi connectivity index (χ2v) is 34.2. The monoisotopic (exact) mass is 1890 g/mol. The SMILES string of the molecule is NCCCCC(N)C(=O)NCCCCC(I)C(=O)NC(CCCCNC(=O)C(CCCCNC(=O)C(N)CCCCN)NC(=O)C(N)CCCCN)C(=O)NCCCCCCNC(=O)C(CCCCNC(=O)C(CCCCNC(=O)C(N)CCCCN)NC(=O)C(N)CCCCN)NC(=O)C(CCCCNC(=O)C(N)CCCCN)NC(=O)C(N)CCCCN. The first-order valence-electron chi connectivity index (χ1n) is 46.6. The number of carbonyl (C=O) groups excluding carboxylic acids is 13. The Morgan fingerprint density at radius 2 is 0.320 bits per heavy atom.